The molecule has 4 nitrogen and oxygen atoms in total. The quantitative estimate of drug-likeness (QED) is 0.865. The van der Waals surface area contributed by atoms with Gasteiger partial charge in [-0.05, 0) is 49.7 Å². The highest BCUT2D eigenvalue weighted by Crippen LogP contribution is 2.34. The number of hydrogen-bond donors (Lipinski definition) is 1. The van der Waals surface area contributed by atoms with E-state index in [1.807, 2.05) is 0 Å². The van der Waals surface area contributed by atoms with Crippen LogP contribution in [0.25, 0.3) is 0 Å². The summed E-state index contributed by atoms with van der Waals surface area (Å²) in [4.78, 5) is 2.29. The van der Waals surface area contributed by atoms with Crippen molar-refractivity contribution >= 4 is 0 Å². The maximum atomic E-state index is 5.65. The Morgan fingerprint density at radius 1 is 1.33 bits per heavy atom. The molecule has 0 radical (unpaired) electrons. The van der Waals surface area contributed by atoms with E-state index >= 15 is 0 Å². The van der Waals surface area contributed by atoms with Gasteiger partial charge < -0.3 is 20.1 Å². The van der Waals surface area contributed by atoms with Crippen molar-refractivity contribution in [3.63, 3.8) is 0 Å². The van der Waals surface area contributed by atoms with Gasteiger partial charge in [-0.2, -0.15) is 0 Å². The van der Waals surface area contributed by atoms with Crippen LogP contribution in [0.2, 0.25) is 0 Å². The van der Waals surface area contributed by atoms with Gasteiger partial charge in [0.15, 0.2) is 11.5 Å². The van der Waals surface area contributed by atoms with Crippen molar-refractivity contribution in [2.24, 2.45) is 11.7 Å². The number of fused-ring (bicyclic) bond motifs is 1. The third-order valence-corrected chi connectivity index (χ3v) is 3.30. The Morgan fingerprint density at radius 2 is 2.00 bits per heavy atom. The lowest BCUT2D eigenvalue weighted by atomic mass is 10.1. The second-order valence-electron chi connectivity index (χ2n) is 5.17. The minimum absolute atomic E-state index is 0.332. The van der Waals surface area contributed by atoms with Gasteiger partial charge in [0.1, 0.15) is 0 Å². The molecule has 1 aromatic rings. The van der Waals surface area contributed by atoms with Crippen LogP contribution in [0.5, 0.6) is 11.5 Å². The average Bonchev–Trinajstić information content (AvgIpc) is 2.76. The third kappa shape index (κ3) is 2.94. The van der Waals surface area contributed by atoms with Crippen molar-refractivity contribution in [3.8, 4) is 11.5 Å². The topological polar surface area (TPSA) is 47.7 Å². The molecule has 0 amide bonds. The summed E-state index contributed by atoms with van der Waals surface area (Å²) in [6.07, 6.45) is 0. The number of hydrogen-bond acceptors (Lipinski definition) is 4. The number of nitrogens with zero attached hydrogens (tertiary/aromatic N) is 1. The number of ether oxygens (including phenoxy) is 2. The van der Waals surface area contributed by atoms with Gasteiger partial charge >= 0.3 is 0 Å². The second kappa shape index (κ2) is 5.59. The molecule has 0 bridgehead atoms. The van der Waals surface area contributed by atoms with Crippen molar-refractivity contribution in [2.45, 2.75) is 20.4 Å². The van der Waals surface area contributed by atoms with E-state index in [0.717, 1.165) is 31.1 Å². The first-order valence-electron chi connectivity index (χ1n) is 6.38. The van der Waals surface area contributed by atoms with Crippen LogP contribution in [0, 0.1) is 12.8 Å². The maximum Gasteiger partial charge on any atom is 0.231 e. The molecule has 0 spiro atoms. The predicted octanol–water partition coefficient (Wildman–Crippen LogP) is 1.75. The monoisotopic (exact) mass is 250 g/mol. The molecule has 0 aliphatic carbocycles. The summed E-state index contributed by atoms with van der Waals surface area (Å²) in [7, 11) is 2.12. The fourth-order valence-corrected chi connectivity index (χ4v) is 2.22. The molecule has 2 rings (SSSR count). The standard InChI is InChI=1S/C14H22N2O2/c1-10(6-15)7-16(3)8-12-5-14-13(4-11(12)2)17-9-18-14/h4-5,10H,6-9,15H2,1-3H3. The Balaban J connectivity index is 2.05. The molecule has 2 N–H and O–H groups in total. The van der Waals surface area contributed by atoms with E-state index in [1.165, 1.54) is 11.1 Å². The lowest BCUT2D eigenvalue weighted by Crippen LogP contribution is -2.28. The SMILES string of the molecule is Cc1cc2c(cc1CN(C)CC(C)CN)OCO2. The lowest BCUT2D eigenvalue weighted by molar-refractivity contribution is 0.174. The Kier molecular flexibility index (Phi) is 4.09. The molecule has 1 atom stereocenters. The Hall–Kier alpha value is -1.26. The highest BCUT2D eigenvalue weighted by Gasteiger charge is 2.16. The van der Waals surface area contributed by atoms with Crippen LogP contribution in [-0.4, -0.2) is 31.8 Å². The van der Waals surface area contributed by atoms with Crippen LogP contribution in [0.15, 0.2) is 12.1 Å². The van der Waals surface area contributed by atoms with Gasteiger partial charge in [0.25, 0.3) is 0 Å². The Bertz CT molecular complexity index is 421. The first-order valence-corrected chi connectivity index (χ1v) is 6.38. The van der Waals surface area contributed by atoms with Crippen molar-refractivity contribution in [3.05, 3.63) is 23.3 Å². The van der Waals surface area contributed by atoms with Gasteiger partial charge in [-0.1, -0.05) is 6.92 Å². The fraction of sp³-hybridized carbons (Fsp3) is 0.571. The molecule has 1 unspecified atom stereocenters. The molecule has 100 valence electrons. The minimum Gasteiger partial charge on any atom is -0.454 e. The summed E-state index contributed by atoms with van der Waals surface area (Å²) in [5.74, 6) is 2.23. The summed E-state index contributed by atoms with van der Waals surface area (Å²) >= 11 is 0. The molecule has 4 heteroatoms. The molecule has 0 saturated carbocycles. The first kappa shape index (κ1) is 13.2. The number of aryl methyl sites for hydroxylation is 1. The summed E-state index contributed by atoms with van der Waals surface area (Å²) in [5.41, 5.74) is 8.18. The van der Waals surface area contributed by atoms with Gasteiger partial charge in [-0.3, -0.25) is 0 Å². The summed E-state index contributed by atoms with van der Waals surface area (Å²) in [5, 5.41) is 0. The molecule has 1 heterocycles. The molecular formula is C14H22N2O2. The van der Waals surface area contributed by atoms with Crippen LogP contribution >= 0.6 is 0 Å². The zero-order chi connectivity index (χ0) is 13.1. The Morgan fingerprint density at radius 3 is 2.67 bits per heavy atom. The van der Waals surface area contributed by atoms with E-state index in [2.05, 4.69) is 37.9 Å². The van der Waals surface area contributed by atoms with E-state index in [4.69, 9.17) is 15.2 Å². The van der Waals surface area contributed by atoms with E-state index in [1.54, 1.807) is 0 Å². The first-order chi connectivity index (χ1) is 8.60. The van der Waals surface area contributed by atoms with Crippen LogP contribution < -0.4 is 15.2 Å². The van der Waals surface area contributed by atoms with Crippen LogP contribution in [-0.2, 0) is 6.54 Å². The van der Waals surface area contributed by atoms with E-state index in [0.29, 0.717) is 12.7 Å². The van der Waals surface area contributed by atoms with Crippen LogP contribution in [0.1, 0.15) is 18.1 Å². The van der Waals surface area contributed by atoms with Crippen LogP contribution in [0.4, 0.5) is 0 Å². The largest absolute Gasteiger partial charge is 0.454 e. The van der Waals surface area contributed by atoms with Crippen molar-refractivity contribution in [1.82, 2.24) is 4.90 Å². The normalized spacial score (nSPS) is 15.2. The number of rotatable bonds is 5. The summed E-state index contributed by atoms with van der Waals surface area (Å²) < 4.78 is 10.8. The third-order valence-electron chi connectivity index (χ3n) is 3.30. The van der Waals surface area contributed by atoms with Gasteiger partial charge in [0.05, 0.1) is 0 Å². The molecule has 1 aliphatic heterocycles. The van der Waals surface area contributed by atoms with Crippen molar-refractivity contribution in [2.75, 3.05) is 26.9 Å². The minimum atomic E-state index is 0.332. The van der Waals surface area contributed by atoms with Crippen molar-refractivity contribution < 1.29 is 9.47 Å². The highest BCUT2D eigenvalue weighted by atomic mass is 16.7. The molecular weight excluding hydrogens is 228 g/mol. The molecule has 18 heavy (non-hydrogen) atoms. The van der Waals surface area contributed by atoms with Crippen molar-refractivity contribution in [1.29, 1.82) is 0 Å². The molecule has 1 aromatic carbocycles. The average molecular weight is 250 g/mol. The maximum absolute atomic E-state index is 5.65. The van der Waals surface area contributed by atoms with Gasteiger partial charge in [0, 0.05) is 13.1 Å². The van der Waals surface area contributed by atoms with Gasteiger partial charge in [-0.15, -0.1) is 0 Å². The molecule has 0 fully saturated rings. The predicted molar refractivity (Wildman–Crippen MR) is 71.9 cm³/mol. The van der Waals surface area contributed by atoms with Gasteiger partial charge in [-0.25, -0.2) is 0 Å². The lowest BCUT2D eigenvalue weighted by Gasteiger charge is -2.21. The zero-order valence-electron chi connectivity index (χ0n) is 11.4. The highest BCUT2D eigenvalue weighted by molar-refractivity contribution is 5.48. The summed E-state index contributed by atoms with van der Waals surface area (Å²) in [6.45, 7) is 7.25. The number of benzene rings is 1. The molecule has 1 aliphatic rings. The smallest absolute Gasteiger partial charge is 0.231 e. The zero-order valence-corrected chi connectivity index (χ0v) is 11.4. The van der Waals surface area contributed by atoms with Crippen LogP contribution in [0.3, 0.4) is 0 Å². The van der Waals surface area contributed by atoms with E-state index in [9.17, 15) is 0 Å². The molecule has 0 aromatic heterocycles. The van der Waals surface area contributed by atoms with E-state index < -0.39 is 0 Å². The Labute approximate surface area is 109 Å². The fourth-order valence-electron chi connectivity index (χ4n) is 2.22. The number of nitrogens with two attached hydrogens (primary N) is 1. The van der Waals surface area contributed by atoms with Gasteiger partial charge in [0.2, 0.25) is 6.79 Å². The van der Waals surface area contributed by atoms with E-state index in [-0.39, 0.29) is 0 Å². The summed E-state index contributed by atoms with van der Waals surface area (Å²) in [6, 6.07) is 4.14. The molecule has 0 saturated heterocycles. The second-order valence-corrected chi connectivity index (χ2v) is 5.17.